The average Bonchev–Trinajstić information content (AvgIpc) is 2.93. The molecule has 0 saturated carbocycles. The molecule has 6 heteroatoms. The number of aromatic nitrogens is 2. The van der Waals surface area contributed by atoms with Crippen molar-refractivity contribution in [2.75, 3.05) is 5.32 Å². The molecule has 0 saturated heterocycles. The fourth-order valence-corrected chi connectivity index (χ4v) is 2.02. The Kier molecular flexibility index (Phi) is 3.51. The van der Waals surface area contributed by atoms with Gasteiger partial charge in [-0.05, 0) is 35.9 Å². The van der Waals surface area contributed by atoms with Gasteiger partial charge in [-0.3, -0.25) is 0 Å². The number of nitrogens with one attached hydrogen (secondary N) is 3. The molecule has 5 nitrogen and oxygen atoms in total. The number of urea groups is 1. The van der Waals surface area contributed by atoms with Crippen LogP contribution in [0, 0.1) is 5.82 Å². The van der Waals surface area contributed by atoms with E-state index in [1.54, 1.807) is 30.6 Å². The zero-order valence-corrected chi connectivity index (χ0v) is 11.1. The predicted molar refractivity (Wildman–Crippen MR) is 78.4 cm³/mol. The molecule has 3 N–H and O–H groups in total. The number of H-pyrrole nitrogens is 1. The molecule has 0 fully saturated rings. The van der Waals surface area contributed by atoms with Crippen molar-refractivity contribution in [1.82, 2.24) is 15.3 Å². The number of imidazole rings is 1. The largest absolute Gasteiger partial charge is 0.345 e. The number of carbonyl (C=O) groups excluding carboxylic acids is 1. The molecular formula is C15H13FN4O. The molecule has 0 radical (unpaired) electrons. The molecule has 0 aliphatic rings. The van der Waals surface area contributed by atoms with E-state index in [2.05, 4.69) is 20.6 Å². The number of amides is 2. The Morgan fingerprint density at radius 2 is 2.14 bits per heavy atom. The predicted octanol–water partition coefficient (Wildman–Crippen LogP) is 3.02. The second kappa shape index (κ2) is 5.62. The first kappa shape index (κ1) is 13.1. The zero-order valence-electron chi connectivity index (χ0n) is 11.1. The quantitative estimate of drug-likeness (QED) is 0.692. The van der Waals surface area contributed by atoms with Gasteiger partial charge in [0.05, 0.1) is 17.4 Å². The number of hydrogen-bond acceptors (Lipinski definition) is 2. The van der Waals surface area contributed by atoms with Crippen LogP contribution in [-0.4, -0.2) is 16.0 Å². The molecule has 1 aromatic heterocycles. The average molecular weight is 284 g/mol. The third-order valence-corrected chi connectivity index (χ3v) is 3.02. The second-order valence-corrected chi connectivity index (χ2v) is 4.57. The van der Waals surface area contributed by atoms with Crippen LogP contribution in [0.15, 0.2) is 48.8 Å². The molecule has 1 heterocycles. The first-order valence-corrected chi connectivity index (χ1v) is 6.43. The standard InChI is InChI=1S/C15H13FN4O/c16-11-3-1-2-10(6-11)8-17-15(21)20-12-4-5-13-14(7-12)19-9-18-13/h1-7,9H,8H2,(H,18,19)(H2,17,20,21). The van der Waals surface area contributed by atoms with Crippen molar-refractivity contribution >= 4 is 22.8 Å². The molecule has 21 heavy (non-hydrogen) atoms. The number of fused-ring (bicyclic) bond motifs is 1. The molecule has 0 aliphatic heterocycles. The third kappa shape index (κ3) is 3.17. The van der Waals surface area contributed by atoms with E-state index in [0.29, 0.717) is 11.3 Å². The van der Waals surface area contributed by atoms with Crippen LogP contribution in [0.25, 0.3) is 11.0 Å². The van der Waals surface area contributed by atoms with E-state index in [-0.39, 0.29) is 18.4 Å². The van der Waals surface area contributed by atoms with Gasteiger partial charge < -0.3 is 15.6 Å². The summed E-state index contributed by atoms with van der Waals surface area (Å²) in [5.41, 5.74) is 3.04. The minimum absolute atomic E-state index is 0.260. The van der Waals surface area contributed by atoms with Crippen molar-refractivity contribution in [2.45, 2.75) is 6.54 Å². The van der Waals surface area contributed by atoms with E-state index >= 15 is 0 Å². The van der Waals surface area contributed by atoms with Gasteiger partial charge in [0, 0.05) is 12.2 Å². The summed E-state index contributed by atoms with van der Waals surface area (Å²) >= 11 is 0. The molecule has 3 rings (SSSR count). The number of rotatable bonds is 3. The van der Waals surface area contributed by atoms with Crippen LogP contribution in [0.4, 0.5) is 14.9 Å². The smallest absolute Gasteiger partial charge is 0.319 e. The summed E-state index contributed by atoms with van der Waals surface area (Å²) < 4.78 is 13.0. The molecule has 106 valence electrons. The van der Waals surface area contributed by atoms with Gasteiger partial charge in [0.1, 0.15) is 5.82 Å². The van der Waals surface area contributed by atoms with Crippen molar-refractivity contribution in [3.8, 4) is 0 Å². The van der Waals surface area contributed by atoms with Crippen LogP contribution >= 0.6 is 0 Å². The number of nitrogens with zero attached hydrogens (tertiary/aromatic N) is 1. The number of aromatic amines is 1. The van der Waals surface area contributed by atoms with Gasteiger partial charge in [-0.25, -0.2) is 14.2 Å². The number of hydrogen-bond donors (Lipinski definition) is 3. The SMILES string of the molecule is O=C(NCc1cccc(F)c1)Nc1ccc2nc[nH]c2c1. The van der Waals surface area contributed by atoms with E-state index in [1.807, 2.05) is 6.07 Å². The van der Waals surface area contributed by atoms with Gasteiger partial charge in [0.2, 0.25) is 0 Å². The fourth-order valence-electron chi connectivity index (χ4n) is 2.02. The van der Waals surface area contributed by atoms with Gasteiger partial charge in [-0.15, -0.1) is 0 Å². The first-order valence-electron chi connectivity index (χ1n) is 6.43. The number of benzene rings is 2. The van der Waals surface area contributed by atoms with Crippen molar-refractivity contribution in [3.63, 3.8) is 0 Å². The molecule has 0 atom stereocenters. The molecule has 3 aromatic rings. The second-order valence-electron chi connectivity index (χ2n) is 4.57. The van der Waals surface area contributed by atoms with Gasteiger partial charge in [0.15, 0.2) is 0 Å². The van der Waals surface area contributed by atoms with Crippen LogP contribution < -0.4 is 10.6 Å². The number of carbonyl (C=O) groups is 1. The molecular weight excluding hydrogens is 271 g/mol. The topological polar surface area (TPSA) is 69.8 Å². The third-order valence-electron chi connectivity index (χ3n) is 3.02. The monoisotopic (exact) mass is 284 g/mol. The molecule has 2 aromatic carbocycles. The molecule has 0 unspecified atom stereocenters. The summed E-state index contributed by atoms with van der Waals surface area (Å²) in [7, 11) is 0. The lowest BCUT2D eigenvalue weighted by Crippen LogP contribution is -2.28. The molecule has 2 amide bonds. The van der Waals surface area contributed by atoms with Crippen LogP contribution in [0.2, 0.25) is 0 Å². The van der Waals surface area contributed by atoms with Crippen molar-refractivity contribution < 1.29 is 9.18 Å². The highest BCUT2D eigenvalue weighted by Crippen LogP contribution is 2.15. The maximum absolute atomic E-state index is 13.0. The summed E-state index contributed by atoms with van der Waals surface area (Å²) in [6, 6.07) is 11.1. The molecule has 0 bridgehead atoms. The molecule has 0 spiro atoms. The number of halogens is 1. The van der Waals surface area contributed by atoms with Gasteiger partial charge in [-0.1, -0.05) is 12.1 Å². The lowest BCUT2D eigenvalue weighted by molar-refractivity contribution is 0.251. The summed E-state index contributed by atoms with van der Waals surface area (Å²) in [5, 5.41) is 5.39. The summed E-state index contributed by atoms with van der Waals surface area (Å²) in [4.78, 5) is 18.9. The van der Waals surface area contributed by atoms with Crippen LogP contribution in [0.1, 0.15) is 5.56 Å². The van der Waals surface area contributed by atoms with E-state index in [4.69, 9.17) is 0 Å². The minimum Gasteiger partial charge on any atom is -0.345 e. The highest BCUT2D eigenvalue weighted by atomic mass is 19.1. The Morgan fingerprint density at radius 3 is 3.00 bits per heavy atom. The summed E-state index contributed by atoms with van der Waals surface area (Å²) in [6.07, 6.45) is 1.60. The van der Waals surface area contributed by atoms with Crippen molar-refractivity contribution in [3.05, 3.63) is 60.2 Å². The zero-order chi connectivity index (χ0) is 14.7. The van der Waals surface area contributed by atoms with Crippen molar-refractivity contribution in [2.24, 2.45) is 0 Å². The fraction of sp³-hybridized carbons (Fsp3) is 0.0667. The Balaban J connectivity index is 1.60. The normalized spacial score (nSPS) is 10.5. The maximum atomic E-state index is 13.0. The van der Waals surface area contributed by atoms with E-state index in [0.717, 1.165) is 11.0 Å². The van der Waals surface area contributed by atoms with Crippen LogP contribution in [0.5, 0.6) is 0 Å². The van der Waals surface area contributed by atoms with Gasteiger partial charge >= 0.3 is 6.03 Å². The highest BCUT2D eigenvalue weighted by molar-refractivity contribution is 5.91. The van der Waals surface area contributed by atoms with E-state index in [1.165, 1.54) is 12.1 Å². The summed E-state index contributed by atoms with van der Waals surface area (Å²) in [6.45, 7) is 0.260. The first-order chi connectivity index (χ1) is 10.2. The minimum atomic E-state index is -0.349. The van der Waals surface area contributed by atoms with E-state index in [9.17, 15) is 9.18 Å². The lowest BCUT2D eigenvalue weighted by atomic mass is 10.2. The Labute approximate surface area is 120 Å². The highest BCUT2D eigenvalue weighted by Gasteiger charge is 2.04. The number of anilines is 1. The Morgan fingerprint density at radius 1 is 1.24 bits per heavy atom. The Bertz CT molecular complexity index is 784. The maximum Gasteiger partial charge on any atom is 0.319 e. The Hall–Kier alpha value is -2.89. The van der Waals surface area contributed by atoms with Crippen LogP contribution in [-0.2, 0) is 6.54 Å². The molecule has 0 aliphatic carbocycles. The lowest BCUT2D eigenvalue weighted by Gasteiger charge is -2.08. The van der Waals surface area contributed by atoms with Gasteiger partial charge in [0.25, 0.3) is 0 Å². The van der Waals surface area contributed by atoms with Crippen LogP contribution in [0.3, 0.4) is 0 Å². The summed E-state index contributed by atoms with van der Waals surface area (Å²) in [5.74, 6) is -0.320. The van der Waals surface area contributed by atoms with E-state index < -0.39 is 0 Å². The van der Waals surface area contributed by atoms with Crippen molar-refractivity contribution in [1.29, 1.82) is 0 Å². The van der Waals surface area contributed by atoms with Gasteiger partial charge in [-0.2, -0.15) is 0 Å².